The van der Waals surface area contributed by atoms with Crippen LogP contribution in [0.5, 0.6) is 17.2 Å². The van der Waals surface area contributed by atoms with Crippen molar-refractivity contribution in [3.63, 3.8) is 0 Å². The number of nitrogens with zero attached hydrogens (tertiary/aromatic N) is 3. The molecule has 0 atom stereocenters. The van der Waals surface area contributed by atoms with Crippen LogP contribution >= 0.6 is 0 Å². The van der Waals surface area contributed by atoms with E-state index in [9.17, 15) is 54.5 Å². The lowest BCUT2D eigenvalue weighted by molar-refractivity contribution is -0.114. The number of azo groups is 1. The molecule has 0 saturated heterocycles. The fourth-order valence-electron chi connectivity index (χ4n) is 4.94. The number of phenolic OH excluding ortho intramolecular Hbond substituents is 1. The van der Waals surface area contributed by atoms with E-state index < -0.39 is 70.6 Å². The first-order valence-electron chi connectivity index (χ1n) is 14.7. The van der Waals surface area contributed by atoms with E-state index in [1.807, 2.05) is 0 Å². The summed E-state index contributed by atoms with van der Waals surface area (Å²) in [7, 11) is -11.5. The predicted molar refractivity (Wildman–Crippen MR) is 186 cm³/mol. The number of phenols is 1. The number of carbonyl (C=O) groups is 1. The van der Waals surface area contributed by atoms with Gasteiger partial charge in [0.15, 0.2) is 5.75 Å². The minimum Gasteiger partial charge on any atom is -0.505 e. The van der Waals surface area contributed by atoms with Gasteiger partial charge in [-0.2, -0.15) is 21.1 Å². The van der Waals surface area contributed by atoms with Gasteiger partial charge in [-0.25, -0.2) is 8.42 Å². The molecule has 0 aromatic heterocycles. The molecule has 0 saturated carbocycles. The maximum atomic E-state index is 13.0. The number of carbonyl (C=O) groups excluding carboxylic acids is 1. The van der Waals surface area contributed by atoms with Crippen LogP contribution in [-0.4, -0.2) is 100 Å². The van der Waals surface area contributed by atoms with E-state index in [1.165, 1.54) is 50.6 Å². The smallest absolute Gasteiger partial charge is 0.296 e. The van der Waals surface area contributed by atoms with Crippen molar-refractivity contribution in [2.45, 2.75) is 21.6 Å². The molecular formula is C30H33N5O14S3. The van der Waals surface area contributed by atoms with Crippen molar-refractivity contribution in [2.75, 3.05) is 51.2 Å². The quantitative estimate of drug-likeness (QED) is 0.0673. The number of rotatable bonds is 15. The van der Waals surface area contributed by atoms with Gasteiger partial charge in [0, 0.05) is 43.2 Å². The molecule has 0 fully saturated rings. The summed E-state index contributed by atoms with van der Waals surface area (Å²) in [5.41, 5.74) is -0.547. The second kappa shape index (κ2) is 15.7. The van der Waals surface area contributed by atoms with Crippen molar-refractivity contribution >= 4 is 75.4 Å². The molecule has 7 N–H and O–H groups in total. The Kier molecular flexibility index (Phi) is 12.1. The van der Waals surface area contributed by atoms with Gasteiger partial charge in [-0.1, -0.05) is 0 Å². The van der Waals surface area contributed by atoms with Gasteiger partial charge in [0.2, 0.25) is 15.9 Å². The predicted octanol–water partition coefficient (Wildman–Crippen LogP) is 3.15. The molecular weight excluding hydrogens is 751 g/mol. The third kappa shape index (κ3) is 8.74. The Hall–Kier alpha value is -4.94. The standard InChI is InChI=1S/C30H33N5O14S3/c1-17(38)31-24-14-21(51(42,43)44)12-18-13-27(52(45,46)47)29(30(39)28(18)24)34-33-23-16-25(48-2)22(15-26(23)49-3)32-19-4-6-20(7-5-19)50(40,41)35(8-10-36)9-11-37/h4-7,12-16,32,36-37,39H,8-11H2,1-3H3,(H,31,38)(H,42,43,44)(H,45,46,47)/b34-33+. The molecule has 0 aliphatic rings. The van der Waals surface area contributed by atoms with Crippen molar-refractivity contribution in [1.29, 1.82) is 0 Å². The molecule has 280 valence electrons. The Morgan fingerprint density at radius 1 is 0.788 bits per heavy atom. The van der Waals surface area contributed by atoms with Crippen molar-refractivity contribution in [1.82, 2.24) is 4.31 Å². The van der Waals surface area contributed by atoms with Gasteiger partial charge in [-0.15, -0.1) is 10.2 Å². The highest BCUT2D eigenvalue weighted by atomic mass is 32.2. The number of amides is 1. The lowest BCUT2D eigenvalue weighted by Crippen LogP contribution is -2.35. The van der Waals surface area contributed by atoms with E-state index in [2.05, 4.69) is 20.9 Å². The molecule has 19 nitrogen and oxygen atoms in total. The Morgan fingerprint density at radius 2 is 1.40 bits per heavy atom. The lowest BCUT2D eigenvalue weighted by atomic mass is 10.1. The van der Waals surface area contributed by atoms with Gasteiger partial charge in [0.25, 0.3) is 20.2 Å². The molecule has 0 heterocycles. The molecule has 1 amide bonds. The summed E-state index contributed by atoms with van der Waals surface area (Å²) in [6.45, 7) is -0.237. The van der Waals surface area contributed by atoms with Crippen LogP contribution in [0, 0.1) is 0 Å². The zero-order valence-electron chi connectivity index (χ0n) is 27.5. The van der Waals surface area contributed by atoms with E-state index in [0.29, 0.717) is 5.69 Å². The van der Waals surface area contributed by atoms with Crippen LogP contribution in [0.25, 0.3) is 10.8 Å². The number of ether oxygens (including phenoxy) is 2. The number of aliphatic hydroxyl groups excluding tert-OH is 2. The maximum absolute atomic E-state index is 13.0. The normalized spacial score (nSPS) is 12.4. The molecule has 52 heavy (non-hydrogen) atoms. The molecule has 4 aromatic rings. The number of aliphatic hydroxyl groups is 2. The number of methoxy groups -OCH3 is 2. The van der Waals surface area contributed by atoms with E-state index in [1.54, 1.807) is 0 Å². The zero-order valence-corrected chi connectivity index (χ0v) is 30.0. The van der Waals surface area contributed by atoms with Crippen LogP contribution in [0.4, 0.5) is 28.4 Å². The fraction of sp³-hybridized carbons (Fsp3) is 0.233. The number of fused-ring (bicyclic) bond motifs is 1. The second-order valence-electron chi connectivity index (χ2n) is 10.7. The van der Waals surface area contributed by atoms with E-state index >= 15 is 0 Å². The van der Waals surface area contributed by atoms with E-state index in [4.69, 9.17) is 9.47 Å². The van der Waals surface area contributed by atoms with Crippen LogP contribution in [0.3, 0.4) is 0 Å². The summed E-state index contributed by atoms with van der Waals surface area (Å²) in [5, 5.41) is 42.3. The first-order valence-corrected chi connectivity index (χ1v) is 19.0. The van der Waals surface area contributed by atoms with Gasteiger partial charge in [0.05, 0.1) is 48.6 Å². The van der Waals surface area contributed by atoms with E-state index in [-0.39, 0.29) is 57.3 Å². The fourth-order valence-corrected chi connectivity index (χ4v) is 7.56. The molecule has 22 heteroatoms. The van der Waals surface area contributed by atoms with Gasteiger partial charge >= 0.3 is 0 Å². The molecule has 0 radical (unpaired) electrons. The Labute approximate surface area is 297 Å². The number of benzene rings is 4. The third-order valence-corrected chi connectivity index (χ3v) is 10.8. The van der Waals surface area contributed by atoms with Gasteiger partial charge in [0.1, 0.15) is 27.8 Å². The van der Waals surface area contributed by atoms with Crippen LogP contribution < -0.4 is 20.1 Å². The van der Waals surface area contributed by atoms with Crippen LogP contribution in [0.15, 0.2) is 79.5 Å². The van der Waals surface area contributed by atoms with Crippen molar-refractivity contribution in [2.24, 2.45) is 10.2 Å². The second-order valence-corrected chi connectivity index (χ2v) is 15.4. The summed E-state index contributed by atoms with van der Waals surface area (Å²) < 4.78 is 106. The summed E-state index contributed by atoms with van der Waals surface area (Å²) >= 11 is 0. The molecule has 0 spiro atoms. The van der Waals surface area contributed by atoms with Crippen LogP contribution in [0.2, 0.25) is 0 Å². The Morgan fingerprint density at radius 3 is 1.92 bits per heavy atom. The van der Waals surface area contributed by atoms with E-state index in [0.717, 1.165) is 29.4 Å². The minimum absolute atomic E-state index is 0.0281. The number of aromatic hydroxyl groups is 1. The SMILES string of the molecule is COc1cc(Nc2ccc(S(=O)(=O)N(CCO)CCO)cc2)c(OC)cc1/N=N/c1c(S(=O)(=O)O)cc2cc(S(=O)(=O)O)cc(NC(C)=O)c2c1O. The summed E-state index contributed by atoms with van der Waals surface area (Å²) in [6.07, 6.45) is 0. The molecule has 0 aliphatic heterocycles. The topological polar surface area (TPSA) is 291 Å². The summed E-state index contributed by atoms with van der Waals surface area (Å²) in [4.78, 5) is 10.0. The highest BCUT2D eigenvalue weighted by Crippen LogP contribution is 2.46. The first kappa shape index (κ1) is 39.8. The molecule has 4 aromatic carbocycles. The number of anilines is 3. The number of sulfonamides is 1. The molecule has 4 rings (SSSR count). The number of hydrogen-bond donors (Lipinski definition) is 7. The Bertz CT molecular complexity index is 2360. The van der Waals surface area contributed by atoms with Gasteiger partial charge in [-0.05, 0) is 47.9 Å². The van der Waals surface area contributed by atoms with Crippen LogP contribution in [-0.2, 0) is 35.1 Å². The van der Waals surface area contributed by atoms with Crippen LogP contribution in [0.1, 0.15) is 6.92 Å². The highest BCUT2D eigenvalue weighted by molar-refractivity contribution is 7.89. The Balaban J connectivity index is 1.79. The number of hydrogen-bond acceptors (Lipinski definition) is 15. The van der Waals surface area contributed by atoms with Crippen molar-refractivity contribution < 1.29 is 63.9 Å². The van der Waals surface area contributed by atoms with Crippen molar-refractivity contribution in [3.8, 4) is 17.2 Å². The zero-order chi connectivity index (χ0) is 38.6. The summed E-state index contributed by atoms with van der Waals surface area (Å²) in [6, 6.07) is 10.7. The minimum atomic E-state index is -5.17. The molecule has 0 unspecified atom stereocenters. The lowest BCUT2D eigenvalue weighted by Gasteiger charge is -2.20. The van der Waals surface area contributed by atoms with Crippen molar-refractivity contribution in [3.05, 3.63) is 54.6 Å². The highest BCUT2D eigenvalue weighted by Gasteiger charge is 2.27. The monoisotopic (exact) mass is 783 g/mol. The van der Waals surface area contributed by atoms with Gasteiger partial charge in [-0.3, -0.25) is 13.9 Å². The third-order valence-electron chi connectivity index (χ3n) is 7.24. The number of nitrogens with one attached hydrogen (secondary N) is 2. The summed E-state index contributed by atoms with van der Waals surface area (Å²) in [5.74, 6) is -1.50. The van der Waals surface area contributed by atoms with Gasteiger partial charge < -0.3 is 35.4 Å². The maximum Gasteiger partial charge on any atom is 0.296 e. The largest absolute Gasteiger partial charge is 0.505 e. The average molecular weight is 784 g/mol. The first-order chi connectivity index (χ1) is 24.3. The molecule has 0 bridgehead atoms. The molecule has 0 aliphatic carbocycles. The average Bonchev–Trinajstić information content (AvgIpc) is 3.06.